The number of ketones is 1. The van der Waals surface area contributed by atoms with Crippen molar-refractivity contribution >= 4 is 23.3 Å². The molecule has 0 saturated carbocycles. The smallest absolute Gasteiger partial charge is 0.254 e. The van der Waals surface area contributed by atoms with E-state index in [2.05, 4.69) is 12.2 Å². The molecule has 1 aliphatic heterocycles. The largest absolute Gasteiger partial charge is 0.378 e. The first kappa shape index (κ1) is 21.7. The third-order valence-corrected chi connectivity index (χ3v) is 5.40. The van der Waals surface area contributed by atoms with E-state index < -0.39 is 0 Å². The molecule has 158 valence electrons. The number of carbonyl (C=O) groups excluding carboxylic acids is 3. The molecule has 1 saturated heterocycles. The number of benzene rings is 2. The van der Waals surface area contributed by atoms with Gasteiger partial charge >= 0.3 is 0 Å². The standard InChI is InChI=1S/C24H28N2O4/c1-3-18-7-9-19(10-8-18)22(27)11-12-23(28)25-21-6-4-5-20(17(21)2)24(29)26-13-15-30-16-14-26/h4-10H,3,11-16H2,1-2H3,(H,25,28). The highest BCUT2D eigenvalue weighted by Crippen LogP contribution is 2.21. The number of rotatable bonds is 7. The highest BCUT2D eigenvalue weighted by atomic mass is 16.5. The van der Waals surface area contributed by atoms with Crippen LogP contribution >= 0.6 is 0 Å². The number of carbonyl (C=O) groups is 3. The number of Topliss-reactive ketones (excluding diaryl/α,β-unsaturated/α-hetero) is 1. The number of anilines is 1. The summed E-state index contributed by atoms with van der Waals surface area (Å²) in [6.45, 7) is 6.09. The SMILES string of the molecule is CCc1ccc(C(=O)CCC(=O)Nc2cccc(C(=O)N3CCOCC3)c2C)cc1. The molecular weight excluding hydrogens is 380 g/mol. The van der Waals surface area contributed by atoms with Crippen LogP contribution in [-0.2, 0) is 16.0 Å². The topological polar surface area (TPSA) is 75.7 Å². The first-order valence-electron chi connectivity index (χ1n) is 10.4. The normalized spacial score (nSPS) is 13.7. The average Bonchev–Trinajstić information content (AvgIpc) is 2.79. The number of nitrogens with one attached hydrogen (secondary N) is 1. The van der Waals surface area contributed by atoms with Gasteiger partial charge in [0.2, 0.25) is 5.91 Å². The monoisotopic (exact) mass is 408 g/mol. The van der Waals surface area contributed by atoms with Gasteiger partial charge in [-0.1, -0.05) is 37.3 Å². The fourth-order valence-electron chi connectivity index (χ4n) is 3.45. The van der Waals surface area contributed by atoms with E-state index in [4.69, 9.17) is 4.74 Å². The quantitative estimate of drug-likeness (QED) is 0.710. The molecule has 0 aliphatic carbocycles. The van der Waals surface area contributed by atoms with Crippen LogP contribution < -0.4 is 5.32 Å². The highest BCUT2D eigenvalue weighted by molar-refractivity contribution is 6.02. The summed E-state index contributed by atoms with van der Waals surface area (Å²) in [5.41, 5.74) is 3.69. The summed E-state index contributed by atoms with van der Waals surface area (Å²) in [5.74, 6) is -0.356. The lowest BCUT2D eigenvalue weighted by Gasteiger charge is -2.27. The van der Waals surface area contributed by atoms with E-state index in [-0.39, 0.29) is 30.4 Å². The Morgan fingerprint density at radius 1 is 1.00 bits per heavy atom. The predicted octanol–water partition coefficient (Wildman–Crippen LogP) is 3.63. The highest BCUT2D eigenvalue weighted by Gasteiger charge is 2.21. The minimum absolute atomic E-state index is 0.0548. The first-order valence-corrected chi connectivity index (χ1v) is 10.4. The van der Waals surface area contributed by atoms with Crippen molar-refractivity contribution in [3.63, 3.8) is 0 Å². The van der Waals surface area contributed by atoms with Gasteiger partial charge in [0.15, 0.2) is 5.78 Å². The van der Waals surface area contributed by atoms with Crippen molar-refractivity contribution < 1.29 is 19.1 Å². The fourth-order valence-corrected chi connectivity index (χ4v) is 3.45. The lowest BCUT2D eigenvalue weighted by Crippen LogP contribution is -2.41. The van der Waals surface area contributed by atoms with Crippen molar-refractivity contribution in [2.45, 2.75) is 33.1 Å². The van der Waals surface area contributed by atoms with E-state index in [0.717, 1.165) is 12.0 Å². The van der Waals surface area contributed by atoms with Crippen molar-refractivity contribution in [3.8, 4) is 0 Å². The number of aryl methyl sites for hydroxylation is 1. The lowest BCUT2D eigenvalue weighted by atomic mass is 10.0. The van der Waals surface area contributed by atoms with Gasteiger partial charge in [0, 0.05) is 42.7 Å². The Kier molecular flexibility index (Phi) is 7.36. The van der Waals surface area contributed by atoms with Crippen molar-refractivity contribution in [3.05, 3.63) is 64.7 Å². The van der Waals surface area contributed by atoms with Crippen LogP contribution in [0.1, 0.15) is 51.6 Å². The van der Waals surface area contributed by atoms with Gasteiger partial charge in [0.25, 0.3) is 5.91 Å². The Labute approximate surface area is 177 Å². The summed E-state index contributed by atoms with van der Waals surface area (Å²) in [5, 5.41) is 2.85. The van der Waals surface area contributed by atoms with Crippen LogP contribution in [0.15, 0.2) is 42.5 Å². The molecule has 30 heavy (non-hydrogen) atoms. The van der Waals surface area contributed by atoms with Gasteiger partial charge in [0.1, 0.15) is 0 Å². The van der Waals surface area contributed by atoms with Crippen LogP contribution in [0.2, 0.25) is 0 Å². The summed E-state index contributed by atoms with van der Waals surface area (Å²) in [7, 11) is 0. The van der Waals surface area contributed by atoms with E-state index in [1.54, 1.807) is 23.1 Å². The Morgan fingerprint density at radius 3 is 2.37 bits per heavy atom. The summed E-state index contributed by atoms with van der Waals surface area (Å²) in [6.07, 6.45) is 1.15. The van der Waals surface area contributed by atoms with E-state index in [1.165, 1.54) is 5.56 Å². The van der Waals surface area contributed by atoms with Crippen molar-refractivity contribution in [1.29, 1.82) is 0 Å². The lowest BCUT2D eigenvalue weighted by molar-refractivity contribution is -0.116. The summed E-state index contributed by atoms with van der Waals surface area (Å²) in [4.78, 5) is 39.3. The Hall–Kier alpha value is -2.99. The molecule has 0 aromatic heterocycles. The van der Waals surface area contributed by atoms with Gasteiger partial charge in [-0.05, 0) is 36.6 Å². The Balaban J connectivity index is 1.59. The molecule has 0 bridgehead atoms. The average molecular weight is 408 g/mol. The maximum Gasteiger partial charge on any atom is 0.254 e. The van der Waals surface area contributed by atoms with Gasteiger partial charge in [-0.25, -0.2) is 0 Å². The molecule has 3 rings (SSSR count). The number of ether oxygens (including phenoxy) is 1. The van der Waals surface area contributed by atoms with E-state index in [9.17, 15) is 14.4 Å². The zero-order valence-electron chi connectivity index (χ0n) is 17.6. The molecule has 0 spiro atoms. The van der Waals surface area contributed by atoms with Gasteiger partial charge in [-0.2, -0.15) is 0 Å². The van der Waals surface area contributed by atoms with Crippen LogP contribution in [0.5, 0.6) is 0 Å². The zero-order valence-corrected chi connectivity index (χ0v) is 17.6. The molecule has 0 atom stereocenters. The summed E-state index contributed by atoms with van der Waals surface area (Å²) < 4.78 is 5.30. The summed E-state index contributed by atoms with van der Waals surface area (Å²) >= 11 is 0. The van der Waals surface area contributed by atoms with Crippen LogP contribution in [-0.4, -0.2) is 48.8 Å². The van der Waals surface area contributed by atoms with Crippen molar-refractivity contribution in [1.82, 2.24) is 4.90 Å². The maximum absolute atomic E-state index is 12.8. The Bertz CT molecular complexity index is 915. The van der Waals surface area contributed by atoms with Crippen LogP contribution in [0, 0.1) is 6.92 Å². The van der Waals surface area contributed by atoms with Gasteiger partial charge in [0.05, 0.1) is 13.2 Å². The van der Waals surface area contributed by atoms with Crippen LogP contribution in [0.4, 0.5) is 5.69 Å². The molecule has 6 heteroatoms. The number of nitrogens with zero attached hydrogens (tertiary/aromatic N) is 1. The van der Waals surface area contributed by atoms with Crippen molar-refractivity contribution in [2.24, 2.45) is 0 Å². The van der Waals surface area contributed by atoms with Gasteiger partial charge in [-0.3, -0.25) is 14.4 Å². The number of amides is 2. The summed E-state index contributed by atoms with van der Waals surface area (Å²) in [6, 6.07) is 12.8. The molecule has 1 fully saturated rings. The molecule has 0 radical (unpaired) electrons. The molecule has 2 amide bonds. The third-order valence-electron chi connectivity index (χ3n) is 5.40. The molecule has 2 aromatic carbocycles. The second-order valence-corrected chi connectivity index (χ2v) is 7.40. The molecule has 1 N–H and O–H groups in total. The third kappa shape index (κ3) is 5.33. The number of hydrogen-bond acceptors (Lipinski definition) is 4. The Morgan fingerprint density at radius 2 is 1.70 bits per heavy atom. The maximum atomic E-state index is 12.8. The van der Waals surface area contributed by atoms with E-state index in [0.29, 0.717) is 43.1 Å². The van der Waals surface area contributed by atoms with Gasteiger partial charge < -0.3 is 15.0 Å². The van der Waals surface area contributed by atoms with Crippen molar-refractivity contribution in [2.75, 3.05) is 31.6 Å². The molecule has 6 nitrogen and oxygen atoms in total. The first-order chi connectivity index (χ1) is 14.5. The second-order valence-electron chi connectivity index (χ2n) is 7.40. The van der Waals surface area contributed by atoms with Crippen LogP contribution in [0.25, 0.3) is 0 Å². The fraction of sp³-hybridized carbons (Fsp3) is 0.375. The number of morpholine rings is 1. The van der Waals surface area contributed by atoms with Gasteiger partial charge in [-0.15, -0.1) is 0 Å². The predicted molar refractivity (Wildman–Crippen MR) is 116 cm³/mol. The van der Waals surface area contributed by atoms with E-state index >= 15 is 0 Å². The second kappa shape index (κ2) is 10.2. The van der Waals surface area contributed by atoms with Crippen LogP contribution in [0.3, 0.4) is 0 Å². The molecule has 1 aliphatic rings. The molecular formula is C24H28N2O4. The molecule has 1 heterocycles. The zero-order chi connectivity index (χ0) is 21.5. The molecule has 0 unspecified atom stereocenters. The van der Waals surface area contributed by atoms with E-state index in [1.807, 2.05) is 31.2 Å². The number of hydrogen-bond donors (Lipinski definition) is 1. The minimum atomic E-state index is -0.243. The minimum Gasteiger partial charge on any atom is -0.378 e. The molecule has 2 aromatic rings.